The van der Waals surface area contributed by atoms with Gasteiger partial charge in [-0.3, -0.25) is 14.4 Å². The molecule has 128 valence electrons. The standard InChI is InChI=1S/C17H20FN3O3/c1-10-3-4-12(18)6-14(10)17(24)20-8-13(9-20)21-7-11(5-15(21)22)16(23)19-2/h3-4,6,11,13H,5,7-9H2,1-2H3,(H,19,23). The van der Waals surface area contributed by atoms with Crippen LogP contribution in [0, 0.1) is 18.7 Å². The summed E-state index contributed by atoms with van der Waals surface area (Å²) in [6.45, 7) is 2.99. The number of nitrogens with zero attached hydrogens (tertiary/aromatic N) is 2. The van der Waals surface area contributed by atoms with Gasteiger partial charge in [0.05, 0.1) is 12.0 Å². The van der Waals surface area contributed by atoms with E-state index in [9.17, 15) is 18.8 Å². The number of carbonyl (C=O) groups excluding carboxylic acids is 3. The topological polar surface area (TPSA) is 69.7 Å². The molecule has 1 unspecified atom stereocenters. The molecule has 3 rings (SSSR count). The van der Waals surface area contributed by atoms with Crippen molar-refractivity contribution in [2.45, 2.75) is 19.4 Å². The van der Waals surface area contributed by atoms with E-state index in [1.807, 2.05) is 0 Å². The number of likely N-dealkylation sites (tertiary alicyclic amines) is 2. The highest BCUT2D eigenvalue weighted by Crippen LogP contribution is 2.26. The summed E-state index contributed by atoms with van der Waals surface area (Å²) in [6, 6.07) is 4.09. The van der Waals surface area contributed by atoms with E-state index in [4.69, 9.17) is 0 Å². The van der Waals surface area contributed by atoms with Gasteiger partial charge in [0, 0.05) is 38.7 Å². The van der Waals surface area contributed by atoms with Crippen LogP contribution in [0.2, 0.25) is 0 Å². The van der Waals surface area contributed by atoms with Crippen molar-refractivity contribution in [3.8, 4) is 0 Å². The summed E-state index contributed by atoms with van der Waals surface area (Å²) in [6.07, 6.45) is 0.215. The zero-order valence-electron chi connectivity index (χ0n) is 13.7. The van der Waals surface area contributed by atoms with E-state index in [0.717, 1.165) is 5.56 Å². The molecule has 1 atom stereocenters. The predicted molar refractivity (Wildman–Crippen MR) is 84.7 cm³/mol. The lowest BCUT2D eigenvalue weighted by Crippen LogP contribution is -2.61. The van der Waals surface area contributed by atoms with Gasteiger partial charge in [-0.1, -0.05) is 6.07 Å². The van der Waals surface area contributed by atoms with Gasteiger partial charge >= 0.3 is 0 Å². The minimum atomic E-state index is -0.441. The Hall–Kier alpha value is -2.44. The first-order chi connectivity index (χ1) is 11.4. The van der Waals surface area contributed by atoms with Gasteiger partial charge in [0.2, 0.25) is 11.8 Å². The predicted octanol–water partition coefficient (Wildman–Crippen LogP) is 0.553. The van der Waals surface area contributed by atoms with Crippen LogP contribution in [0.3, 0.4) is 0 Å². The van der Waals surface area contributed by atoms with Crippen molar-refractivity contribution in [1.29, 1.82) is 0 Å². The van der Waals surface area contributed by atoms with Crippen molar-refractivity contribution in [3.05, 3.63) is 35.1 Å². The first-order valence-corrected chi connectivity index (χ1v) is 7.97. The van der Waals surface area contributed by atoms with Crippen molar-refractivity contribution >= 4 is 17.7 Å². The van der Waals surface area contributed by atoms with Gasteiger partial charge in [-0.25, -0.2) is 4.39 Å². The highest BCUT2D eigenvalue weighted by Gasteiger charge is 2.43. The van der Waals surface area contributed by atoms with Gasteiger partial charge in [0.25, 0.3) is 5.91 Å². The molecule has 24 heavy (non-hydrogen) atoms. The van der Waals surface area contributed by atoms with Crippen LogP contribution >= 0.6 is 0 Å². The number of hydrogen-bond acceptors (Lipinski definition) is 3. The molecule has 2 heterocycles. The molecular weight excluding hydrogens is 313 g/mol. The molecule has 1 aromatic carbocycles. The van der Waals surface area contributed by atoms with Gasteiger partial charge in [0.1, 0.15) is 5.82 Å². The van der Waals surface area contributed by atoms with Crippen molar-refractivity contribution in [1.82, 2.24) is 15.1 Å². The van der Waals surface area contributed by atoms with Gasteiger partial charge in [-0.2, -0.15) is 0 Å². The Bertz CT molecular complexity index is 700. The van der Waals surface area contributed by atoms with Crippen LogP contribution in [0.1, 0.15) is 22.3 Å². The fourth-order valence-electron chi connectivity index (χ4n) is 3.28. The maximum Gasteiger partial charge on any atom is 0.254 e. The quantitative estimate of drug-likeness (QED) is 0.878. The van der Waals surface area contributed by atoms with Crippen LogP contribution in [0.5, 0.6) is 0 Å². The Kier molecular flexibility index (Phi) is 4.26. The van der Waals surface area contributed by atoms with Gasteiger partial charge in [-0.15, -0.1) is 0 Å². The van der Waals surface area contributed by atoms with Gasteiger partial charge < -0.3 is 15.1 Å². The van der Waals surface area contributed by atoms with Crippen LogP contribution in [-0.4, -0.2) is 60.2 Å². The van der Waals surface area contributed by atoms with Gasteiger partial charge in [-0.05, 0) is 24.6 Å². The molecular formula is C17H20FN3O3. The normalized spacial score (nSPS) is 21.0. The van der Waals surface area contributed by atoms with Crippen molar-refractivity contribution in [3.63, 3.8) is 0 Å². The number of carbonyl (C=O) groups is 3. The zero-order chi connectivity index (χ0) is 17.4. The Morgan fingerprint density at radius 2 is 1.96 bits per heavy atom. The summed E-state index contributed by atoms with van der Waals surface area (Å²) in [5, 5.41) is 2.57. The van der Waals surface area contributed by atoms with E-state index in [1.54, 1.807) is 29.8 Å². The molecule has 0 saturated carbocycles. The maximum absolute atomic E-state index is 13.4. The lowest BCUT2D eigenvalue weighted by atomic mass is 10.0. The van der Waals surface area contributed by atoms with E-state index in [-0.39, 0.29) is 36.1 Å². The van der Waals surface area contributed by atoms with E-state index >= 15 is 0 Å². The minimum Gasteiger partial charge on any atom is -0.359 e. The number of benzene rings is 1. The van der Waals surface area contributed by atoms with Crippen LogP contribution in [0.25, 0.3) is 0 Å². The first-order valence-electron chi connectivity index (χ1n) is 7.97. The average molecular weight is 333 g/mol. The smallest absolute Gasteiger partial charge is 0.254 e. The second-order valence-corrected chi connectivity index (χ2v) is 6.38. The van der Waals surface area contributed by atoms with Gasteiger partial charge in [0.15, 0.2) is 0 Å². The monoisotopic (exact) mass is 333 g/mol. The fourth-order valence-corrected chi connectivity index (χ4v) is 3.28. The molecule has 2 aliphatic rings. The lowest BCUT2D eigenvalue weighted by molar-refractivity contribution is -0.132. The Labute approximate surface area is 139 Å². The van der Waals surface area contributed by atoms with E-state index in [2.05, 4.69) is 5.32 Å². The zero-order valence-corrected chi connectivity index (χ0v) is 13.7. The molecule has 2 fully saturated rings. The molecule has 0 aliphatic carbocycles. The number of halogens is 1. The van der Waals surface area contributed by atoms with Crippen molar-refractivity contribution in [2.75, 3.05) is 26.7 Å². The van der Waals surface area contributed by atoms with E-state index in [1.165, 1.54) is 12.1 Å². The Balaban J connectivity index is 1.61. The molecule has 1 N–H and O–H groups in total. The van der Waals surface area contributed by atoms with E-state index < -0.39 is 5.82 Å². The summed E-state index contributed by atoms with van der Waals surface area (Å²) < 4.78 is 13.4. The lowest BCUT2D eigenvalue weighted by Gasteiger charge is -2.44. The Morgan fingerprint density at radius 3 is 2.62 bits per heavy atom. The average Bonchev–Trinajstić information content (AvgIpc) is 2.89. The highest BCUT2D eigenvalue weighted by molar-refractivity contribution is 5.96. The fraction of sp³-hybridized carbons (Fsp3) is 0.471. The summed E-state index contributed by atoms with van der Waals surface area (Å²) in [7, 11) is 1.56. The molecule has 0 spiro atoms. The summed E-state index contributed by atoms with van der Waals surface area (Å²) >= 11 is 0. The first kappa shape index (κ1) is 16.4. The van der Waals surface area contributed by atoms with Crippen LogP contribution in [-0.2, 0) is 9.59 Å². The highest BCUT2D eigenvalue weighted by atomic mass is 19.1. The second kappa shape index (κ2) is 6.22. The molecule has 3 amide bonds. The molecule has 2 saturated heterocycles. The third kappa shape index (κ3) is 2.86. The number of amides is 3. The number of rotatable bonds is 3. The molecule has 0 radical (unpaired) electrons. The number of aryl methyl sites for hydroxylation is 1. The van der Waals surface area contributed by atoms with Crippen molar-refractivity contribution < 1.29 is 18.8 Å². The molecule has 6 nitrogen and oxygen atoms in total. The van der Waals surface area contributed by atoms with Crippen LogP contribution < -0.4 is 5.32 Å². The molecule has 7 heteroatoms. The molecule has 2 aliphatic heterocycles. The number of hydrogen-bond donors (Lipinski definition) is 1. The minimum absolute atomic E-state index is 0.0531. The largest absolute Gasteiger partial charge is 0.359 e. The summed E-state index contributed by atoms with van der Waals surface area (Å²) in [5.41, 5.74) is 1.08. The van der Waals surface area contributed by atoms with E-state index in [0.29, 0.717) is 25.2 Å². The maximum atomic E-state index is 13.4. The third-order valence-electron chi connectivity index (χ3n) is 4.80. The number of nitrogens with one attached hydrogen (secondary N) is 1. The summed E-state index contributed by atoms with van der Waals surface area (Å²) in [4.78, 5) is 39.5. The Morgan fingerprint density at radius 1 is 1.25 bits per heavy atom. The molecule has 0 bridgehead atoms. The molecule has 1 aromatic rings. The summed E-state index contributed by atoms with van der Waals surface area (Å²) in [5.74, 6) is -1.17. The second-order valence-electron chi connectivity index (χ2n) is 6.38. The molecule has 0 aromatic heterocycles. The third-order valence-corrected chi connectivity index (χ3v) is 4.80. The SMILES string of the molecule is CNC(=O)C1CC(=O)N(C2CN(C(=O)c3cc(F)ccc3C)C2)C1. The van der Waals surface area contributed by atoms with Crippen LogP contribution in [0.15, 0.2) is 18.2 Å². The van der Waals surface area contributed by atoms with Crippen molar-refractivity contribution in [2.24, 2.45) is 5.92 Å². The van der Waals surface area contributed by atoms with Crippen LogP contribution in [0.4, 0.5) is 4.39 Å².